The molecule has 0 radical (unpaired) electrons. The lowest BCUT2D eigenvalue weighted by molar-refractivity contribution is 0.251. The van der Waals surface area contributed by atoms with Crippen molar-refractivity contribution in [2.24, 2.45) is 5.41 Å². The van der Waals surface area contributed by atoms with Gasteiger partial charge in [-0.05, 0) is 18.3 Å². The van der Waals surface area contributed by atoms with E-state index in [-0.39, 0.29) is 6.61 Å². The van der Waals surface area contributed by atoms with Gasteiger partial charge in [-0.3, -0.25) is 0 Å². The van der Waals surface area contributed by atoms with E-state index >= 15 is 0 Å². The molecule has 12 heavy (non-hydrogen) atoms. The Balaban J connectivity index is 3.58. The minimum absolute atomic E-state index is 0.287. The third kappa shape index (κ3) is 6.62. The van der Waals surface area contributed by atoms with Crippen LogP contribution < -0.4 is 5.32 Å². The van der Waals surface area contributed by atoms with Gasteiger partial charge >= 0.3 is 0 Å². The van der Waals surface area contributed by atoms with Crippen LogP contribution in [0, 0.1) is 5.41 Å². The highest BCUT2D eigenvalue weighted by Gasteiger charge is 2.12. The fraction of sp³-hybridized carbons (Fsp3) is 1.00. The molecular weight excluding hydrogens is 150 g/mol. The van der Waals surface area contributed by atoms with Crippen LogP contribution in [0.25, 0.3) is 0 Å². The van der Waals surface area contributed by atoms with Crippen LogP contribution >= 0.6 is 0 Å². The van der Waals surface area contributed by atoms with Crippen molar-refractivity contribution < 1.29 is 5.11 Å². The summed E-state index contributed by atoms with van der Waals surface area (Å²) in [5.74, 6) is 0. The Labute approximate surface area is 76.4 Å². The molecule has 0 aliphatic carbocycles. The van der Waals surface area contributed by atoms with Gasteiger partial charge in [0.05, 0.1) is 0 Å². The number of aliphatic hydroxyl groups excluding tert-OH is 1. The lowest BCUT2D eigenvalue weighted by Crippen LogP contribution is -2.36. The number of rotatable bonds is 5. The number of nitrogens with one attached hydrogen (secondary N) is 1. The third-order valence-electron chi connectivity index (χ3n) is 1.89. The van der Waals surface area contributed by atoms with Crippen LogP contribution in [0.5, 0.6) is 0 Å². The molecule has 0 heterocycles. The standard InChI is InChI=1S/C10H23NO/c1-5-9(6-7-12)11-8-10(2,3)4/h9,11-12H,5-8H2,1-4H3. The van der Waals surface area contributed by atoms with E-state index in [1.807, 2.05) is 0 Å². The molecule has 0 aromatic heterocycles. The number of hydrogen-bond donors (Lipinski definition) is 2. The molecule has 1 unspecified atom stereocenters. The summed E-state index contributed by atoms with van der Waals surface area (Å²) in [6.07, 6.45) is 1.96. The van der Waals surface area contributed by atoms with E-state index < -0.39 is 0 Å². The van der Waals surface area contributed by atoms with Crippen molar-refractivity contribution in [3.05, 3.63) is 0 Å². The molecule has 2 heteroatoms. The summed E-state index contributed by atoms with van der Waals surface area (Å²) in [4.78, 5) is 0. The molecular formula is C10H23NO. The highest BCUT2D eigenvalue weighted by atomic mass is 16.3. The quantitative estimate of drug-likeness (QED) is 0.664. The maximum Gasteiger partial charge on any atom is 0.0445 e. The van der Waals surface area contributed by atoms with Crippen molar-refractivity contribution in [3.63, 3.8) is 0 Å². The summed E-state index contributed by atoms with van der Waals surface area (Å²) in [5.41, 5.74) is 0.336. The molecule has 0 rings (SSSR count). The van der Waals surface area contributed by atoms with Gasteiger partial charge in [0.2, 0.25) is 0 Å². The summed E-state index contributed by atoms with van der Waals surface area (Å²) >= 11 is 0. The van der Waals surface area contributed by atoms with Crippen LogP contribution in [0.1, 0.15) is 40.5 Å². The summed E-state index contributed by atoms with van der Waals surface area (Å²) in [6.45, 7) is 10.1. The van der Waals surface area contributed by atoms with Crippen molar-refractivity contribution in [2.45, 2.75) is 46.6 Å². The summed E-state index contributed by atoms with van der Waals surface area (Å²) in [6, 6.07) is 0.481. The Kier molecular flexibility index (Phi) is 5.51. The SMILES string of the molecule is CCC(CCO)NCC(C)(C)C. The van der Waals surface area contributed by atoms with Crippen LogP contribution in [-0.4, -0.2) is 24.3 Å². The largest absolute Gasteiger partial charge is 0.396 e. The highest BCUT2D eigenvalue weighted by Crippen LogP contribution is 2.11. The average Bonchev–Trinajstić information content (AvgIpc) is 1.96. The van der Waals surface area contributed by atoms with E-state index in [1.165, 1.54) is 0 Å². The summed E-state index contributed by atoms with van der Waals surface area (Å²) in [5, 5.41) is 12.2. The third-order valence-corrected chi connectivity index (χ3v) is 1.89. The fourth-order valence-corrected chi connectivity index (χ4v) is 1.06. The minimum Gasteiger partial charge on any atom is -0.396 e. The van der Waals surface area contributed by atoms with Crippen LogP contribution in [0.15, 0.2) is 0 Å². The van der Waals surface area contributed by atoms with Gasteiger partial charge in [0.15, 0.2) is 0 Å². The van der Waals surface area contributed by atoms with Gasteiger partial charge in [-0.1, -0.05) is 27.7 Å². The first-order chi connectivity index (χ1) is 5.49. The molecule has 1 atom stereocenters. The van der Waals surface area contributed by atoms with Crippen molar-refractivity contribution in [3.8, 4) is 0 Å². The van der Waals surface area contributed by atoms with Gasteiger partial charge in [0.25, 0.3) is 0 Å². The van der Waals surface area contributed by atoms with Crippen molar-refractivity contribution in [1.29, 1.82) is 0 Å². The Hall–Kier alpha value is -0.0800. The smallest absolute Gasteiger partial charge is 0.0445 e. The minimum atomic E-state index is 0.287. The molecule has 2 N–H and O–H groups in total. The molecule has 2 nitrogen and oxygen atoms in total. The predicted octanol–water partition coefficient (Wildman–Crippen LogP) is 1.78. The molecule has 0 aliphatic rings. The molecule has 0 amide bonds. The average molecular weight is 173 g/mol. The molecule has 0 spiro atoms. The van der Waals surface area contributed by atoms with Gasteiger partial charge in [0.1, 0.15) is 0 Å². The second-order valence-corrected chi connectivity index (χ2v) is 4.56. The first-order valence-electron chi connectivity index (χ1n) is 4.84. The Bertz CT molecular complexity index is 107. The molecule has 74 valence electrons. The monoisotopic (exact) mass is 173 g/mol. The zero-order valence-corrected chi connectivity index (χ0v) is 8.85. The zero-order chi connectivity index (χ0) is 9.61. The van der Waals surface area contributed by atoms with Crippen LogP contribution in [0.4, 0.5) is 0 Å². The highest BCUT2D eigenvalue weighted by molar-refractivity contribution is 4.70. The second kappa shape index (κ2) is 5.55. The predicted molar refractivity (Wildman–Crippen MR) is 53.2 cm³/mol. The van der Waals surface area contributed by atoms with Gasteiger partial charge in [0, 0.05) is 19.2 Å². The molecule has 0 bridgehead atoms. The van der Waals surface area contributed by atoms with E-state index in [9.17, 15) is 0 Å². The molecule has 0 aromatic carbocycles. The normalized spacial score (nSPS) is 14.8. The summed E-state index contributed by atoms with van der Waals surface area (Å²) in [7, 11) is 0. The number of aliphatic hydroxyl groups is 1. The first kappa shape index (κ1) is 11.9. The van der Waals surface area contributed by atoms with Gasteiger partial charge < -0.3 is 10.4 Å². The second-order valence-electron chi connectivity index (χ2n) is 4.56. The van der Waals surface area contributed by atoms with Gasteiger partial charge in [-0.15, -0.1) is 0 Å². The Morgan fingerprint density at radius 2 is 1.92 bits per heavy atom. The molecule has 0 aromatic rings. The van der Waals surface area contributed by atoms with Gasteiger partial charge in [-0.2, -0.15) is 0 Å². The van der Waals surface area contributed by atoms with Crippen molar-refractivity contribution in [2.75, 3.05) is 13.2 Å². The first-order valence-corrected chi connectivity index (χ1v) is 4.84. The Morgan fingerprint density at radius 3 is 2.25 bits per heavy atom. The lowest BCUT2D eigenvalue weighted by Gasteiger charge is -2.23. The lowest BCUT2D eigenvalue weighted by atomic mass is 9.96. The van der Waals surface area contributed by atoms with Crippen molar-refractivity contribution >= 4 is 0 Å². The Morgan fingerprint density at radius 1 is 1.33 bits per heavy atom. The van der Waals surface area contributed by atoms with Crippen LogP contribution in [0.3, 0.4) is 0 Å². The molecule has 0 fully saturated rings. The summed E-state index contributed by atoms with van der Waals surface area (Å²) < 4.78 is 0. The van der Waals surface area contributed by atoms with E-state index in [0.717, 1.165) is 19.4 Å². The van der Waals surface area contributed by atoms with E-state index in [4.69, 9.17) is 5.11 Å². The van der Waals surface area contributed by atoms with E-state index in [2.05, 4.69) is 33.0 Å². The maximum atomic E-state index is 8.76. The van der Waals surface area contributed by atoms with Crippen LogP contribution in [0.2, 0.25) is 0 Å². The maximum absolute atomic E-state index is 8.76. The van der Waals surface area contributed by atoms with Crippen molar-refractivity contribution in [1.82, 2.24) is 5.32 Å². The van der Waals surface area contributed by atoms with E-state index in [1.54, 1.807) is 0 Å². The fourth-order valence-electron chi connectivity index (χ4n) is 1.06. The van der Waals surface area contributed by atoms with Crippen LogP contribution in [-0.2, 0) is 0 Å². The van der Waals surface area contributed by atoms with E-state index in [0.29, 0.717) is 11.5 Å². The molecule has 0 saturated carbocycles. The van der Waals surface area contributed by atoms with Gasteiger partial charge in [-0.25, -0.2) is 0 Å². The molecule has 0 aliphatic heterocycles. The topological polar surface area (TPSA) is 32.3 Å². The molecule has 0 saturated heterocycles. The number of hydrogen-bond acceptors (Lipinski definition) is 2. The zero-order valence-electron chi connectivity index (χ0n) is 8.85.